The smallest absolute Gasteiger partial charge is 0.408 e. The molecule has 0 radical (unpaired) electrons. The van der Waals surface area contributed by atoms with Crippen molar-refractivity contribution in [1.82, 2.24) is 9.88 Å². The van der Waals surface area contributed by atoms with E-state index in [0.29, 0.717) is 5.58 Å². The lowest BCUT2D eigenvalue weighted by Gasteiger charge is -2.22. The van der Waals surface area contributed by atoms with Crippen molar-refractivity contribution in [3.05, 3.63) is 34.3 Å². The largest absolute Gasteiger partial charge is 0.417 e. The maximum absolute atomic E-state index is 11.0. The summed E-state index contributed by atoms with van der Waals surface area (Å²) in [6.07, 6.45) is 0. The summed E-state index contributed by atoms with van der Waals surface area (Å²) >= 11 is 4.33. The summed E-state index contributed by atoms with van der Waals surface area (Å²) < 4.78 is 4.95. The molecular weight excluding hydrogens is 224 g/mol. The molecule has 1 aromatic heterocycles. The zero-order valence-corrected chi connectivity index (χ0v) is 10.1. The topological polar surface area (TPSA) is 49.2 Å². The second-order valence-corrected chi connectivity index (χ2v) is 4.30. The Morgan fingerprint density at radius 2 is 2.25 bits per heavy atom. The van der Waals surface area contributed by atoms with Crippen molar-refractivity contribution in [1.29, 1.82) is 0 Å². The van der Waals surface area contributed by atoms with Gasteiger partial charge >= 0.3 is 5.76 Å². The SMILES string of the molecule is CN(C)C(CS)c1ccc2oc(=O)[nH]c2c1. The van der Waals surface area contributed by atoms with Gasteiger partial charge in [0, 0.05) is 11.8 Å². The summed E-state index contributed by atoms with van der Waals surface area (Å²) in [4.78, 5) is 15.8. The van der Waals surface area contributed by atoms with Crippen LogP contribution < -0.4 is 5.76 Å². The van der Waals surface area contributed by atoms with Crippen molar-refractivity contribution in [3.8, 4) is 0 Å². The Morgan fingerprint density at radius 1 is 1.50 bits per heavy atom. The predicted octanol–water partition coefficient (Wildman–Crippen LogP) is 1.65. The van der Waals surface area contributed by atoms with Gasteiger partial charge in [0.15, 0.2) is 5.58 Å². The van der Waals surface area contributed by atoms with Gasteiger partial charge in [-0.3, -0.25) is 4.98 Å². The molecule has 0 aliphatic rings. The number of fused-ring (bicyclic) bond motifs is 1. The maximum Gasteiger partial charge on any atom is 0.417 e. The molecule has 1 heterocycles. The highest BCUT2D eigenvalue weighted by atomic mass is 32.1. The van der Waals surface area contributed by atoms with Crippen LogP contribution in [0.5, 0.6) is 0 Å². The number of aromatic nitrogens is 1. The van der Waals surface area contributed by atoms with E-state index in [0.717, 1.165) is 16.8 Å². The Bertz CT molecular complexity index is 544. The number of aromatic amines is 1. The van der Waals surface area contributed by atoms with Gasteiger partial charge in [0.2, 0.25) is 0 Å². The van der Waals surface area contributed by atoms with E-state index >= 15 is 0 Å². The van der Waals surface area contributed by atoms with E-state index in [2.05, 4.69) is 22.5 Å². The van der Waals surface area contributed by atoms with Crippen LogP contribution in [0.1, 0.15) is 11.6 Å². The Hall–Kier alpha value is -1.20. The van der Waals surface area contributed by atoms with Crippen LogP contribution in [-0.4, -0.2) is 29.7 Å². The quantitative estimate of drug-likeness (QED) is 0.799. The summed E-state index contributed by atoms with van der Waals surface area (Å²) in [6, 6.07) is 5.93. The number of oxazole rings is 1. The molecule has 1 atom stereocenters. The van der Waals surface area contributed by atoms with Crippen LogP contribution in [0.3, 0.4) is 0 Å². The number of thiol groups is 1. The van der Waals surface area contributed by atoms with E-state index < -0.39 is 5.76 Å². The molecule has 2 rings (SSSR count). The molecule has 1 aromatic carbocycles. The van der Waals surface area contributed by atoms with Crippen LogP contribution in [0.4, 0.5) is 0 Å². The third-order valence-corrected chi connectivity index (χ3v) is 2.97. The highest BCUT2D eigenvalue weighted by molar-refractivity contribution is 7.80. The fourth-order valence-corrected chi connectivity index (χ4v) is 2.28. The van der Waals surface area contributed by atoms with E-state index in [-0.39, 0.29) is 6.04 Å². The van der Waals surface area contributed by atoms with Crippen LogP contribution >= 0.6 is 12.6 Å². The second-order valence-electron chi connectivity index (χ2n) is 3.93. The van der Waals surface area contributed by atoms with E-state index in [1.165, 1.54) is 0 Å². The molecule has 0 aliphatic heterocycles. The van der Waals surface area contributed by atoms with Crippen molar-refractivity contribution in [2.24, 2.45) is 0 Å². The van der Waals surface area contributed by atoms with Crippen LogP contribution in [-0.2, 0) is 0 Å². The highest BCUT2D eigenvalue weighted by Gasteiger charge is 2.13. The number of nitrogens with zero attached hydrogens (tertiary/aromatic N) is 1. The van der Waals surface area contributed by atoms with Crippen LogP contribution in [0, 0.1) is 0 Å². The fourth-order valence-electron chi connectivity index (χ4n) is 1.74. The molecular formula is C11H14N2O2S. The van der Waals surface area contributed by atoms with Gasteiger partial charge in [0.05, 0.1) is 5.52 Å². The Labute approximate surface area is 98.7 Å². The third-order valence-electron chi connectivity index (χ3n) is 2.62. The molecule has 16 heavy (non-hydrogen) atoms. The molecule has 0 saturated heterocycles. The van der Waals surface area contributed by atoms with Gasteiger partial charge in [-0.2, -0.15) is 12.6 Å². The monoisotopic (exact) mass is 238 g/mol. The summed E-state index contributed by atoms with van der Waals surface area (Å²) in [5.74, 6) is 0.306. The molecule has 86 valence electrons. The van der Waals surface area contributed by atoms with Crippen LogP contribution in [0.15, 0.2) is 27.4 Å². The molecule has 5 heteroatoms. The summed E-state index contributed by atoms with van der Waals surface area (Å²) in [5, 5.41) is 0. The van der Waals surface area contributed by atoms with E-state index in [9.17, 15) is 4.79 Å². The van der Waals surface area contributed by atoms with Gasteiger partial charge < -0.3 is 9.32 Å². The number of H-pyrrole nitrogens is 1. The number of hydrogen-bond acceptors (Lipinski definition) is 4. The van der Waals surface area contributed by atoms with Gasteiger partial charge in [-0.25, -0.2) is 4.79 Å². The average molecular weight is 238 g/mol. The minimum Gasteiger partial charge on any atom is -0.408 e. The summed E-state index contributed by atoms with van der Waals surface area (Å²) in [5.41, 5.74) is 2.44. The first-order chi connectivity index (χ1) is 7.61. The molecule has 0 saturated carbocycles. The van der Waals surface area contributed by atoms with Crippen molar-refractivity contribution < 1.29 is 4.42 Å². The zero-order chi connectivity index (χ0) is 11.7. The van der Waals surface area contributed by atoms with Gasteiger partial charge in [-0.1, -0.05) is 6.07 Å². The van der Waals surface area contributed by atoms with Gasteiger partial charge in [0.1, 0.15) is 0 Å². The van der Waals surface area contributed by atoms with Gasteiger partial charge in [-0.15, -0.1) is 0 Å². The molecule has 0 amide bonds. The maximum atomic E-state index is 11.0. The van der Waals surface area contributed by atoms with Crippen LogP contribution in [0.2, 0.25) is 0 Å². The van der Waals surface area contributed by atoms with Gasteiger partial charge in [0.25, 0.3) is 0 Å². The number of hydrogen-bond donors (Lipinski definition) is 2. The first-order valence-electron chi connectivity index (χ1n) is 5.02. The number of rotatable bonds is 3. The van der Waals surface area contributed by atoms with Crippen molar-refractivity contribution in [2.45, 2.75) is 6.04 Å². The Morgan fingerprint density at radius 3 is 2.88 bits per heavy atom. The average Bonchev–Trinajstić information content (AvgIpc) is 2.57. The Balaban J connectivity index is 2.48. The number of nitrogens with one attached hydrogen (secondary N) is 1. The minimum atomic E-state index is -0.417. The molecule has 0 bridgehead atoms. The predicted molar refractivity (Wildman–Crippen MR) is 67.1 cm³/mol. The standard InChI is InChI=1S/C11H14N2O2S/c1-13(2)9(6-16)7-3-4-10-8(5-7)12-11(14)15-10/h3-5,9,16H,6H2,1-2H3,(H,12,14). The Kier molecular flexibility index (Phi) is 3.07. The van der Waals surface area contributed by atoms with Crippen molar-refractivity contribution in [3.63, 3.8) is 0 Å². The fraction of sp³-hybridized carbons (Fsp3) is 0.364. The molecule has 1 unspecified atom stereocenters. The molecule has 0 spiro atoms. The molecule has 2 aromatic rings. The van der Waals surface area contributed by atoms with Crippen LogP contribution in [0.25, 0.3) is 11.1 Å². The van der Waals surface area contributed by atoms with E-state index in [1.807, 2.05) is 32.3 Å². The van der Waals surface area contributed by atoms with Crippen molar-refractivity contribution >= 4 is 23.7 Å². The second kappa shape index (κ2) is 4.35. The first kappa shape index (κ1) is 11.3. The molecule has 0 fully saturated rings. The van der Waals surface area contributed by atoms with E-state index in [1.54, 1.807) is 0 Å². The van der Waals surface area contributed by atoms with Gasteiger partial charge in [-0.05, 0) is 31.8 Å². The van der Waals surface area contributed by atoms with E-state index in [4.69, 9.17) is 4.42 Å². The normalized spacial score (nSPS) is 13.5. The molecule has 0 aliphatic carbocycles. The number of benzene rings is 1. The minimum absolute atomic E-state index is 0.228. The molecule has 1 N–H and O–H groups in total. The molecule has 4 nitrogen and oxygen atoms in total. The summed E-state index contributed by atoms with van der Waals surface area (Å²) in [7, 11) is 4.01. The lowest BCUT2D eigenvalue weighted by Crippen LogP contribution is -2.21. The van der Waals surface area contributed by atoms with Crippen molar-refractivity contribution in [2.75, 3.05) is 19.8 Å². The lowest BCUT2D eigenvalue weighted by atomic mass is 10.1. The summed E-state index contributed by atoms with van der Waals surface area (Å²) in [6.45, 7) is 0. The zero-order valence-electron chi connectivity index (χ0n) is 9.23. The third kappa shape index (κ3) is 2.01. The highest BCUT2D eigenvalue weighted by Crippen LogP contribution is 2.22. The lowest BCUT2D eigenvalue weighted by molar-refractivity contribution is 0.327. The first-order valence-corrected chi connectivity index (χ1v) is 5.65.